The van der Waals surface area contributed by atoms with Gasteiger partial charge in [-0.3, -0.25) is 9.69 Å². The Labute approximate surface area is 107 Å². The van der Waals surface area contributed by atoms with Gasteiger partial charge in [-0.25, -0.2) is 0 Å². The number of methoxy groups -OCH3 is 1. The predicted octanol–water partition coefficient (Wildman–Crippen LogP) is 2.09. The first-order valence-corrected chi connectivity index (χ1v) is 6.28. The van der Waals surface area contributed by atoms with E-state index in [-0.39, 0.29) is 12.6 Å². The van der Waals surface area contributed by atoms with Crippen LogP contribution in [0, 0.1) is 0 Å². The first kappa shape index (κ1) is 12.9. The van der Waals surface area contributed by atoms with Crippen molar-refractivity contribution >= 4 is 5.97 Å². The van der Waals surface area contributed by atoms with E-state index in [0.717, 1.165) is 25.1 Å². The number of benzene rings is 1. The second kappa shape index (κ2) is 5.40. The van der Waals surface area contributed by atoms with Gasteiger partial charge in [0.2, 0.25) is 0 Å². The number of likely N-dealkylation sites (N-methyl/N-ethyl adjacent to an activating group) is 1. The molecule has 0 saturated carbocycles. The van der Waals surface area contributed by atoms with Crippen LogP contribution in [0.5, 0.6) is 5.75 Å². The van der Waals surface area contributed by atoms with Crippen molar-refractivity contribution in [2.75, 3.05) is 20.2 Å². The SMILES string of the molecule is CCN(CC(=O)O)C1CCc2ccc(OC)cc21. The van der Waals surface area contributed by atoms with E-state index in [9.17, 15) is 4.79 Å². The molecule has 0 radical (unpaired) electrons. The summed E-state index contributed by atoms with van der Waals surface area (Å²) in [6.07, 6.45) is 2.00. The Kier molecular flexibility index (Phi) is 3.87. The highest BCUT2D eigenvalue weighted by Gasteiger charge is 2.28. The van der Waals surface area contributed by atoms with E-state index >= 15 is 0 Å². The van der Waals surface area contributed by atoms with Gasteiger partial charge in [-0.2, -0.15) is 0 Å². The first-order chi connectivity index (χ1) is 8.65. The molecule has 1 aromatic rings. The van der Waals surface area contributed by atoms with Gasteiger partial charge < -0.3 is 9.84 Å². The summed E-state index contributed by atoms with van der Waals surface area (Å²) in [6.45, 7) is 2.84. The minimum atomic E-state index is -0.770. The van der Waals surface area contributed by atoms with E-state index in [1.54, 1.807) is 7.11 Å². The molecule has 1 N–H and O–H groups in total. The lowest BCUT2D eigenvalue weighted by Crippen LogP contribution is -2.32. The molecule has 0 aliphatic heterocycles. The molecule has 2 rings (SSSR count). The summed E-state index contributed by atoms with van der Waals surface area (Å²) in [5.41, 5.74) is 2.53. The fraction of sp³-hybridized carbons (Fsp3) is 0.500. The standard InChI is InChI=1S/C14H19NO3/c1-3-15(9-14(16)17)13-7-5-10-4-6-11(18-2)8-12(10)13/h4,6,8,13H,3,5,7,9H2,1-2H3,(H,16,17). The summed E-state index contributed by atoms with van der Waals surface area (Å²) in [7, 11) is 1.65. The van der Waals surface area contributed by atoms with E-state index in [1.165, 1.54) is 11.1 Å². The van der Waals surface area contributed by atoms with Crippen LogP contribution in [0.1, 0.15) is 30.5 Å². The Morgan fingerprint density at radius 3 is 2.94 bits per heavy atom. The van der Waals surface area contributed by atoms with Crippen LogP contribution in [0.2, 0.25) is 0 Å². The highest BCUT2D eigenvalue weighted by Crippen LogP contribution is 2.37. The molecule has 0 amide bonds. The van der Waals surface area contributed by atoms with Crippen molar-refractivity contribution in [1.82, 2.24) is 4.90 Å². The number of carboxylic acid groups (broad SMARTS) is 1. The van der Waals surface area contributed by atoms with Gasteiger partial charge in [0.25, 0.3) is 0 Å². The Bertz CT molecular complexity index is 445. The minimum absolute atomic E-state index is 0.0951. The maximum absolute atomic E-state index is 10.9. The van der Waals surface area contributed by atoms with E-state index in [1.807, 2.05) is 24.0 Å². The van der Waals surface area contributed by atoms with Crippen molar-refractivity contribution in [2.45, 2.75) is 25.8 Å². The lowest BCUT2D eigenvalue weighted by atomic mass is 10.1. The van der Waals surface area contributed by atoms with Crippen molar-refractivity contribution in [1.29, 1.82) is 0 Å². The third-order valence-corrected chi connectivity index (χ3v) is 3.58. The summed E-state index contributed by atoms with van der Waals surface area (Å²) in [4.78, 5) is 12.9. The zero-order valence-electron chi connectivity index (χ0n) is 10.8. The summed E-state index contributed by atoms with van der Waals surface area (Å²) in [6, 6.07) is 6.30. The highest BCUT2D eigenvalue weighted by atomic mass is 16.5. The normalized spacial score (nSPS) is 17.8. The lowest BCUT2D eigenvalue weighted by molar-refractivity contribution is -0.138. The van der Waals surface area contributed by atoms with Crippen molar-refractivity contribution in [2.24, 2.45) is 0 Å². The third-order valence-electron chi connectivity index (χ3n) is 3.58. The molecule has 1 aliphatic carbocycles. The molecule has 0 saturated heterocycles. The molecule has 1 aromatic carbocycles. The number of rotatable bonds is 5. The van der Waals surface area contributed by atoms with E-state index < -0.39 is 5.97 Å². The van der Waals surface area contributed by atoms with Crippen LogP contribution in [0.4, 0.5) is 0 Å². The molecule has 4 heteroatoms. The summed E-state index contributed by atoms with van der Waals surface area (Å²) in [5, 5.41) is 8.96. The van der Waals surface area contributed by atoms with E-state index in [0.29, 0.717) is 0 Å². The zero-order valence-corrected chi connectivity index (χ0v) is 10.8. The third kappa shape index (κ3) is 2.48. The van der Waals surface area contributed by atoms with Crippen LogP contribution in [0.25, 0.3) is 0 Å². The van der Waals surface area contributed by atoms with Gasteiger partial charge in [-0.05, 0) is 42.6 Å². The number of aliphatic carboxylic acids is 1. The van der Waals surface area contributed by atoms with Crippen LogP contribution in [-0.4, -0.2) is 36.2 Å². The van der Waals surface area contributed by atoms with E-state index in [2.05, 4.69) is 6.07 Å². The van der Waals surface area contributed by atoms with E-state index in [4.69, 9.17) is 9.84 Å². The van der Waals surface area contributed by atoms with Gasteiger partial charge >= 0.3 is 5.97 Å². The van der Waals surface area contributed by atoms with Gasteiger partial charge in [-0.15, -0.1) is 0 Å². The molecular weight excluding hydrogens is 230 g/mol. The second-order valence-corrected chi connectivity index (χ2v) is 4.58. The molecule has 0 fully saturated rings. The Hall–Kier alpha value is -1.55. The van der Waals surface area contributed by atoms with Crippen LogP contribution < -0.4 is 4.74 Å². The summed E-state index contributed by atoms with van der Waals surface area (Å²) >= 11 is 0. The second-order valence-electron chi connectivity index (χ2n) is 4.58. The van der Waals surface area contributed by atoms with Crippen LogP contribution in [-0.2, 0) is 11.2 Å². The Balaban J connectivity index is 2.25. The number of hydrogen-bond acceptors (Lipinski definition) is 3. The van der Waals surface area contributed by atoms with Gasteiger partial charge in [0, 0.05) is 6.04 Å². The highest BCUT2D eigenvalue weighted by molar-refractivity contribution is 5.69. The number of carbonyl (C=O) groups is 1. The largest absolute Gasteiger partial charge is 0.497 e. The fourth-order valence-electron chi connectivity index (χ4n) is 2.68. The van der Waals surface area contributed by atoms with Gasteiger partial charge in [-0.1, -0.05) is 13.0 Å². The molecule has 4 nitrogen and oxygen atoms in total. The van der Waals surface area contributed by atoms with Crippen LogP contribution in [0.15, 0.2) is 18.2 Å². The van der Waals surface area contributed by atoms with Crippen molar-refractivity contribution in [3.05, 3.63) is 29.3 Å². The fourth-order valence-corrected chi connectivity index (χ4v) is 2.68. The Morgan fingerprint density at radius 2 is 2.33 bits per heavy atom. The number of fused-ring (bicyclic) bond motifs is 1. The topological polar surface area (TPSA) is 49.8 Å². The first-order valence-electron chi connectivity index (χ1n) is 6.28. The monoisotopic (exact) mass is 249 g/mol. The lowest BCUT2D eigenvalue weighted by Gasteiger charge is -2.26. The maximum atomic E-state index is 10.9. The number of carboxylic acids is 1. The molecule has 0 heterocycles. The molecule has 18 heavy (non-hydrogen) atoms. The smallest absolute Gasteiger partial charge is 0.317 e. The van der Waals surface area contributed by atoms with Gasteiger partial charge in [0.05, 0.1) is 13.7 Å². The molecule has 1 atom stereocenters. The molecular formula is C14H19NO3. The zero-order chi connectivity index (χ0) is 13.1. The van der Waals surface area contributed by atoms with Crippen LogP contribution >= 0.6 is 0 Å². The summed E-state index contributed by atoms with van der Waals surface area (Å²) < 4.78 is 5.25. The minimum Gasteiger partial charge on any atom is -0.497 e. The maximum Gasteiger partial charge on any atom is 0.317 e. The number of ether oxygens (including phenoxy) is 1. The average molecular weight is 249 g/mol. The number of hydrogen-bond donors (Lipinski definition) is 1. The van der Waals surface area contributed by atoms with Gasteiger partial charge in [0.15, 0.2) is 0 Å². The molecule has 0 spiro atoms. The van der Waals surface area contributed by atoms with Crippen molar-refractivity contribution in [3.63, 3.8) is 0 Å². The summed E-state index contributed by atoms with van der Waals surface area (Å²) in [5.74, 6) is 0.0697. The Morgan fingerprint density at radius 1 is 1.56 bits per heavy atom. The molecule has 1 unspecified atom stereocenters. The molecule has 98 valence electrons. The molecule has 0 bridgehead atoms. The van der Waals surface area contributed by atoms with Crippen LogP contribution in [0.3, 0.4) is 0 Å². The molecule has 1 aliphatic rings. The number of aryl methyl sites for hydroxylation is 1. The average Bonchev–Trinajstić information content (AvgIpc) is 2.78. The van der Waals surface area contributed by atoms with Crippen molar-refractivity contribution < 1.29 is 14.6 Å². The molecule has 0 aromatic heterocycles. The van der Waals surface area contributed by atoms with Crippen molar-refractivity contribution in [3.8, 4) is 5.75 Å². The predicted molar refractivity (Wildman–Crippen MR) is 68.9 cm³/mol. The quantitative estimate of drug-likeness (QED) is 0.868. The van der Waals surface area contributed by atoms with Gasteiger partial charge in [0.1, 0.15) is 5.75 Å². The number of nitrogens with zero attached hydrogens (tertiary/aromatic N) is 1.